The summed E-state index contributed by atoms with van der Waals surface area (Å²) in [4.78, 5) is 15.1. The summed E-state index contributed by atoms with van der Waals surface area (Å²) in [5, 5.41) is 3.43. The van der Waals surface area contributed by atoms with E-state index in [4.69, 9.17) is 0 Å². The summed E-state index contributed by atoms with van der Waals surface area (Å²) in [6, 6.07) is 0.459. The largest absolute Gasteiger partial charge is 0.342 e. The van der Waals surface area contributed by atoms with Gasteiger partial charge in [-0.1, -0.05) is 20.8 Å². The predicted octanol–water partition coefficient (Wildman–Crippen LogP) is 3.19. The molecule has 2 rings (SSSR count). The monoisotopic (exact) mass is 280 g/mol. The van der Waals surface area contributed by atoms with Gasteiger partial charge in [-0.25, -0.2) is 0 Å². The second-order valence-corrected chi connectivity index (χ2v) is 7.73. The van der Waals surface area contributed by atoms with Crippen LogP contribution >= 0.6 is 0 Å². The van der Waals surface area contributed by atoms with Crippen molar-refractivity contribution in [1.82, 2.24) is 10.2 Å². The van der Waals surface area contributed by atoms with Gasteiger partial charge < -0.3 is 10.2 Å². The molecular formula is C17H32N2O. The highest BCUT2D eigenvalue weighted by molar-refractivity contribution is 5.83. The molecule has 1 saturated carbocycles. The lowest BCUT2D eigenvalue weighted by atomic mass is 9.73. The zero-order valence-electron chi connectivity index (χ0n) is 13.8. The predicted molar refractivity (Wildman–Crippen MR) is 83.6 cm³/mol. The maximum absolute atomic E-state index is 13.0. The van der Waals surface area contributed by atoms with Crippen LogP contribution in [0.3, 0.4) is 0 Å². The highest BCUT2D eigenvalue weighted by Crippen LogP contribution is 2.39. The van der Waals surface area contributed by atoms with Gasteiger partial charge in [0.15, 0.2) is 0 Å². The lowest BCUT2D eigenvalue weighted by molar-refractivity contribution is -0.145. The summed E-state index contributed by atoms with van der Waals surface area (Å²) in [5.74, 6) is 0.386. The molecule has 1 atom stereocenters. The zero-order chi connectivity index (χ0) is 14.8. The molecule has 1 N–H and O–H groups in total. The number of carbonyl (C=O) groups is 1. The lowest BCUT2D eigenvalue weighted by Gasteiger charge is -2.44. The van der Waals surface area contributed by atoms with Gasteiger partial charge in [0.1, 0.15) is 0 Å². The van der Waals surface area contributed by atoms with Gasteiger partial charge in [0.25, 0.3) is 0 Å². The van der Waals surface area contributed by atoms with Gasteiger partial charge in [-0.2, -0.15) is 0 Å². The van der Waals surface area contributed by atoms with E-state index in [9.17, 15) is 4.79 Å². The van der Waals surface area contributed by atoms with E-state index in [1.807, 2.05) is 7.05 Å². The molecule has 0 aromatic rings. The van der Waals surface area contributed by atoms with Crippen molar-refractivity contribution in [3.63, 3.8) is 0 Å². The molecule has 0 aromatic carbocycles. The van der Waals surface area contributed by atoms with Gasteiger partial charge in [0.05, 0.1) is 5.41 Å². The van der Waals surface area contributed by atoms with E-state index < -0.39 is 0 Å². The number of carbonyl (C=O) groups excluding carboxylic acids is 1. The van der Waals surface area contributed by atoms with Crippen molar-refractivity contribution < 1.29 is 4.79 Å². The van der Waals surface area contributed by atoms with Crippen molar-refractivity contribution in [1.29, 1.82) is 0 Å². The van der Waals surface area contributed by atoms with Crippen LogP contribution in [-0.4, -0.2) is 37.0 Å². The van der Waals surface area contributed by atoms with E-state index in [1.165, 1.54) is 25.7 Å². The second kappa shape index (κ2) is 6.05. The minimum atomic E-state index is -0.139. The number of hydrogen-bond donors (Lipinski definition) is 1. The Balaban J connectivity index is 2.00. The topological polar surface area (TPSA) is 32.3 Å². The Morgan fingerprint density at radius 2 is 1.90 bits per heavy atom. The maximum Gasteiger partial charge on any atom is 0.230 e. The average Bonchev–Trinajstić information content (AvgIpc) is 2.46. The van der Waals surface area contributed by atoms with Crippen molar-refractivity contribution in [2.45, 2.75) is 71.8 Å². The summed E-state index contributed by atoms with van der Waals surface area (Å²) in [5.41, 5.74) is 0.329. The standard InChI is InChI=1S/C17H32N2O/c1-5-17(9-6-12-18-13-17)15(20)19(4)14-7-10-16(2,3)11-8-14/h14,18H,5-13H2,1-4H3. The van der Waals surface area contributed by atoms with Crippen molar-refractivity contribution in [3.05, 3.63) is 0 Å². The first-order valence-electron chi connectivity index (χ1n) is 8.38. The fourth-order valence-corrected chi connectivity index (χ4v) is 3.91. The van der Waals surface area contributed by atoms with Crippen LogP contribution in [0.25, 0.3) is 0 Å². The van der Waals surface area contributed by atoms with Crippen LogP contribution in [0.2, 0.25) is 0 Å². The number of rotatable bonds is 3. The van der Waals surface area contributed by atoms with Crippen molar-refractivity contribution in [2.24, 2.45) is 10.8 Å². The molecule has 0 spiro atoms. The van der Waals surface area contributed by atoms with Gasteiger partial charge in [0.2, 0.25) is 5.91 Å². The first-order chi connectivity index (χ1) is 9.40. The zero-order valence-corrected chi connectivity index (χ0v) is 13.8. The molecule has 1 amide bonds. The normalized spacial score (nSPS) is 31.0. The minimum Gasteiger partial charge on any atom is -0.342 e. The smallest absolute Gasteiger partial charge is 0.230 e. The van der Waals surface area contributed by atoms with Gasteiger partial charge in [-0.15, -0.1) is 0 Å². The first-order valence-corrected chi connectivity index (χ1v) is 8.38. The molecule has 116 valence electrons. The molecule has 0 bridgehead atoms. The van der Waals surface area contributed by atoms with Crippen LogP contribution in [-0.2, 0) is 4.79 Å². The molecule has 1 heterocycles. The van der Waals surface area contributed by atoms with Crippen LogP contribution in [0.1, 0.15) is 65.7 Å². The molecule has 1 unspecified atom stereocenters. The SMILES string of the molecule is CCC1(C(=O)N(C)C2CCC(C)(C)CC2)CCCNC1. The number of hydrogen-bond acceptors (Lipinski definition) is 2. The number of amides is 1. The van der Waals surface area contributed by atoms with Crippen molar-refractivity contribution >= 4 is 5.91 Å². The Bertz CT molecular complexity index is 335. The Kier molecular flexibility index (Phi) is 4.78. The van der Waals surface area contributed by atoms with Crippen molar-refractivity contribution in [3.8, 4) is 0 Å². The van der Waals surface area contributed by atoms with E-state index in [0.717, 1.165) is 32.4 Å². The van der Waals surface area contributed by atoms with E-state index in [1.54, 1.807) is 0 Å². The van der Waals surface area contributed by atoms with E-state index in [-0.39, 0.29) is 5.41 Å². The third-order valence-corrected chi connectivity index (χ3v) is 5.78. The molecule has 20 heavy (non-hydrogen) atoms. The third kappa shape index (κ3) is 3.19. The van der Waals surface area contributed by atoms with Gasteiger partial charge in [-0.3, -0.25) is 4.79 Å². The van der Waals surface area contributed by atoms with Gasteiger partial charge >= 0.3 is 0 Å². The summed E-state index contributed by atoms with van der Waals surface area (Å²) in [6.07, 6.45) is 7.97. The molecule has 0 radical (unpaired) electrons. The molecule has 1 saturated heterocycles. The Hall–Kier alpha value is -0.570. The Morgan fingerprint density at radius 1 is 1.25 bits per heavy atom. The molecule has 1 aliphatic carbocycles. The molecule has 3 heteroatoms. The molecular weight excluding hydrogens is 248 g/mol. The fraction of sp³-hybridized carbons (Fsp3) is 0.941. The number of nitrogens with zero attached hydrogens (tertiary/aromatic N) is 1. The third-order valence-electron chi connectivity index (χ3n) is 5.78. The summed E-state index contributed by atoms with van der Waals surface area (Å²) in [7, 11) is 2.04. The van der Waals surface area contributed by atoms with Gasteiger partial charge in [0, 0.05) is 19.6 Å². The fourth-order valence-electron chi connectivity index (χ4n) is 3.91. The molecule has 3 nitrogen and oxygen atoms in total. The van der Waals surface area contributed by atoms with E-state index in [2.05, 4.69) is 31.0 Å². The average molecular weight is 280 g/mol. The Morgan fingerprint density at radius 3 is 2.40 bits per heavy atom. The lowest BCUT2D eigenvalue weighted by Crippen LogP contribution is -2.53. The second-order valence-electron chi connectivity index (χ2n) is 7.73. The molecule has 2 aliphatic rings. The highest BCUT2D eigenvalue weighted by atomic mass is 16.2. The first kappa shape index (κ1) is 15.8. The summed E-state index contributed by atoms with van der Waals surface area (Å²) in [6.45, 7) is 8.80. The number of nitrogens with one attached hydrogen (secondary N) is 1. The summed E-state index contributed by atoms with van der Waals surface area (Å²) < 4.78 is 0. The van der Waals surface area contributed by atoms with Crippen LogP contribution in [0, 0.1) is 10.8 Å². The number of piperidine rings is 1. The van der Waals surface area contributed by atoms with Crippen LogP contribution < -0.4 is 5.32 Å². The minimum absolute atomic E-state index is 0.139. The highest BCUT2D eigenvalue weighted by Gasteiger charge is 2.42. The quantitative estimate of drug-likeness (QED) is 0.861. The summed E-state index contributed by atoms with van der Waals surface area (Å²) >= 11 is 0. The molecule has 2 fully saturated rings. The van der Waals surface area contributed by atoms with E-state index in [0.29, 0.717) is 17.4 Å². The maximum atomic E-state index is 13.0. The van der Waals surface area contributed by atoms with Gasteiger partial charge in [-0.05, 0) is 56.9 Å². The van der Waals surface area contributed by atoms with Crippen molar-refractivity contribution in [2.75, 3.05) is 20.1 Å². The van der Waals surface area contributed by atoms with Crippen LogP contribution in [0.15, 0.2) is 0 Å². The molecule has 0 aromatic heterocycles. The van der Waals surface area contributed by atoms with Crippen LogP contribution in [0.5, 0.6) is 0 Å². The Labute approximate surface area is 124 Å². The van der Waals surface area contributed by atoms with E-state index >= 15 is 0 Å². The van der Waals surface area contributed by atoms with Crippen LogP contribution in [0.4, 0.5) is 0 Å². The molecule has 1 aliphatic heterocycles.